The molecule has 0 aliphatic rings. The van der Waals surface area contributed by atoms with E-state index in [2.05, 4.69) is 10.5 Å². The molecule has 152 valence electrons. The first-order valence-electron chi connectivity index (χ1n) is 9.05. The number of rotatable bonds is 8. The average Bonchev–Trinajstić information content (AvgIpc) is 3.13. The molecule has 1 aromatic heterocycles. The minimum atomic E-state index is -0.473. The molecule has 1 heterocycles. The molecule has 2 aromatic carbocycles. The van der Waals surface area contributed by atoms with Crippen molar-refractivity contribution < 1.29 is 23.4 Å². The molecule has 0 atom stereocenters. The molecule has 7 nitrogen and oxygen atoms in total. The van der Waals surface area contributed by atoms with E-state index in [0.29, 0.717) is 46.6 Å². The van der Waals surface area contributed by atoms with Crippen molar-refractivity contribution in [1.82, 2.24) is 5.43 Å². The summed E-state index contributed by atoms with van der Waals surface area (Å²) in [4.78, 5) is 12.3. The number of nitrogens with one attached hydrogen (secondary N) is 1. The zero-order valence-electron chi connectivity index (χ0n) is 16.3. The Kier molecular flexibility index (Phi) is 6.61. The summed E-state index contributed by atoms with van der Waals surface area (Å²) in [5, 5.41) is 5.12. The summed E-state index contributed by atoms with van der Waals surface area (Å²) < 4.78 is 21.8. The molecule has 0 radical (unpaired) electrons. The van der Waals surface area contributed by atoms with Crippen LogP contribution in [0.25, 0.3) is 11.0 Å². The van der Waals surface area contributed by atoms with Gasteiger partial charge in [0.1, 0.15) is 11.3 Å². The summed E-state index contributed by atoms with van der Waals surface area (Å²) >= 11 is 6.23. The number of halogens is 1. The maximum absolute atomic E-state index is 12.3. The number of nitrogens with zero attached hydrogens (tertiary/aromatic N) is 1. The van der Waals surface area contributed by atoms with Gasteiger partial charge in [-0.25, -0.2) is 5.43 Å². The zero-order valence-corrected chi connectivity index (χ0v) is 17.1. The number of fused-ring (bicyclic) bond motifs is 1. The van der Waals surface area contributed by atoms with E-state index in [9.17, 15) is 4.79 Å². The van der Waals surface area contributed by atoms with Gasteiger partial charge in [0.15, 0.2) is 17.3 Å². The number of ether oxygens (including phenoxy) is 3. The van der Waals surface area contributed by atoms with Gasteiger partial charge in [-0.2, -0.15) is 5.10 Å². The van der Waals surface area contributed by atoms with Gasteiger partial charge in [-0.05, 0) is 55.8 Å². The van der Waals surface area contributed by atoms with E-state index in [1.807, 2.05) is 19.9 Å². The lowest BCUT2D eigenvalue weighted by Gasteiger charge is -2.11. The minimum absolute atomic E-state index is 0.146. The number of carbonyl (C=O) groups is 1. The Hall–Kier alpha value is -3.19. The number of amides is 1. The fraction of sp³-hybridized carbons (Fsp3) is 0.238. The van der Waals surface area contributed by atoms with Crippen molar-refractivity contribution in [2.24, 2.45) is 5.10 Å². The van der Waals surface area contributed by atoms with Gasteiger partial charge in [-0.1, -0.05) is 11.6 Å². The molecule has 0 spiro atoms. The molecule has 3 aromatic rings. The summed E-state index contributed by atoms with van der Waals surface area (Å²) in [6, 6.07) is 10.4. The van der Waals surface area contributed by atoms with E-state index in [1.54, 1.807) is 30.3 Å². The van der Waals surface area contributed by atoms with Crippen molar-refractivity contribution in [2.75, 3.05) is 20.3 Å². The lowest BCUT2D eigenvalue weighted by Crippen LogP contribution is -2.16. The first-order chi connectivity index (χ1) is 14.0. The van der Waals surface area contributed by atoms with Gasteiger partial charge in [-0.3, -0.25) is 4.79 Å². The summed E-state index contributed by atoms with van der Waals surface area (Å²) in [5.41, 5.74) is 3.66. The van der Waals surface area contributed by atoms with Crippen LogP contribution in [0.2, 0.25) is 5.02 Å². The standard InChI is InChI=1S/C21H21ClN2O5/c1-4-27-15-6-7-17-14(10-15)11-19(29-17)21(25)24-23-12-13-8-16(22)20(28-5-2)18(9-13)26-3/h6-12H,4-5H2,1-3H3,(H,24,25)/b23-12+. The lowest BCUT2D eigenvalue weighted by molar-refractivity contribution is 0.0929. The highest BCUT2D eigenvalue weighted by Gasteiger charge is 2.13. The largest absolute Gasteiger partial charge is 0.494 e. The molecule has 1 N–H and O–H groups in total. The molecule has 8 heteroatoms. The third-order valence-corrected chi connectivity index (χ3v) is 4.22. The van der Waals surface area contributed by atoms with E-state index in [-0.39, 0.29) is 5.76 Å². The Morgan fingerprint density at radius 3 is 2.69 bits per heavy atom. The Morgan fingerprint density at radius 2 is 1.97 bits per heavy atom. The second-order valence-corrected chi connectivity index (χ2v) is 6.32. The number of furan rings is 1. The summed E-state index contributed by atoms with van der Waals surface area (Å²) in [7, 11) is 1.52. The first-order valence-corrected chi connectivity index (χ1v) is 9.43. The van der Waals surface area contributed by atoms with Crippen LogP contribution in [-0.2, 0) is 0 Å². The monoisotopic (exact) mass is 416 g/mol. The molecule has 0 fully saturated rings. The molecule has 29 heavy (non-hydrogen) atoms. The number of hydrazone groups is 1. The van der Waals surface area contributed by atoms with Crippen molar-refractivity contribution in [3.63, 3.8) is 0 Å². The van der Waals surface area contributed by atoms with Crippen LogP contribution in [0.1, 0.15) is 30.0 Å². The third kappa shape index (κ3) is 4.81. The van der Waals surface area contributed by atoms with Gasteiger partial charge >= 0.3 is 5.91 Å². The predicted octanol–water partition coefficient (Wildman–Crippen LogP) is 4.66. The van der Waals surface area contributed by atoms with E-state index in [0.717, 1.165) is 5.39 Å². The topological polar surface area (TPSA) is 82.3 Å². The highest BCUT2D eigenvalue weighted by molar-refractivity contribution is 6.32. The van der Waals surface area contributed by atoms with Crippen molar-refractivity contribution in [1.29, 1.82) is 0 Å². The first kappa shape index (κ1) is 20.5. The summed E-state index contributed by atoms with van der Waals surface area (Å²) in [6.07, 6.45) is 1.46. The predicted molar refractivity (Wildman–Crippen MR) is 112 cm³/mol. The molecule has 0 saturated carbocycles. The van der Waals surface area contributed by atoms with Gasteiger partial charge in [0, 0.05) is 5.39 Å². The third-order valence-electron chi connectivity index (χ3n) is 3.94. The minimum Gasteiger partial charge on any atom is -0.494 e. The molecule has 0 aliphatic heterocycles. The van der Waals surface area contributed by atoms with Crippen molar-refractivity contribution in [3.8, 4) is 17.2 Å². The zero-order chi connectivity index (χ0) is 20.8. The van der Waals surface area contributed by atoms with Crippen LogP contribution in [0.3, 0.4) is 0 Å². The van der Waals surface area contributed by atoms with Crippen LogP contribution in [0, 0.1) is 0 Å². The smallest absolute Gasteiger partial charge is 0.307 e. The molecular formula is C21H21ClN2O5. The number of carbonyl (C=O) groups excluding carboxylic acids is 1. The van der Waals surface area contributed by atoms with Crippen molar-refractivity contribution >= 4 is 34.7 Å². The maximum Gasteiger partial charge on any atom is 0.307 e. The highest BCUT2D eigenvalue weighted by atomic mass is 35.5. The summed E-state index contributed by atoms with van der Waals surface area (Å²) in [6.45, 7) is 4.79. The highest BCUT2D eigenvalue weighted by Crippen LogP contribution is 2.36. The van der Waals surface area contributed by atoms with E-state index in [4.69, 9.17) is 30.2 Å². The van der Waals surface area contributed by atoms with Crippen molar-refractivity contribution in [3.05, 3.63) is 52.7 Å². The number of hydrogen-bond donors (Lipinski definition) is 1. The van der Waals surface area contributed by atoms with Crippen LogP contribution in [-0.4, -0.2) is 32.4 Å². The molecule has 0 saturated heterocycles. The lowest BCUT2D eigenvalue weighted by atomic mass is 10.2. The quantitative estimate of drug-likeness (QED) is 0.426. The van der Waals surface area contributed by atoms with E-state index in [1.165, 1.54) is 13.3 Å². The molecule has 0 aliphatic carbocycles. The van der Waals surface area contributed by atoms with Gasteiger partial charge in [0.2, 0.25) is 0 Å². The Morgan fingerprint density at radius 1 is 1.17 bits per heavy atom. The number of hydrogen-bond acceptors (Lipinski definition) is 6. The van der Waals surface area contributed by atoms with Gasteiger partial charge in [0.05, 0.1) is 31.6 Å². The van der Waals surface area contributed by atoms with Gasteiger partial charge in [-0.15, -0.1) is 0 Å². The van der Waals surface area contributed by atoms with Crippen LogP contribution in [0.5, 0.6) is 17.2 Å². The Balaban J connectivity index is 1.72. The van der Waals surface area contributed by atoms with Crippen LogP contribution < -0.4 is 19.6 Å². The molecule has 0 unspecified atom stereocenters. The molecular weight excluding hydrogens is 396 g/mol. The summed E-state index contributed by atoms with van der Waals surface area (Å²) in [5.74, 6) is 1.33. The molecule has 1 amide bonds. The van der Waals surface area contributed by atoms with Crippen LogP contribution in [0.4, 0.5) is 0 Å². The van der Waals surface area contributed by atoms with E-state index < -0.39 is 5.91 Å². The normalized spacial score (nSPS) is 11.0. The van der Waals surface area contributed by atoms with Crippen molar-refractivity contribution in [2.45, 2.75) is 13.8 Å². The van der Waals surface area contributed by atoms with Crippen LogP contribution >= 0.6 is 11.6 Å². The van der Waals surface area contributed by atoms with Crippen LogP contribution in [0.15, 0.2) is 45.9 Å². The fourth-order valence-corrected chi connectivity index (χ4v) is 2.98. The maximum atomic E-state index is 12.3. The molecule has 0 bridgehead atoms. The SMILES string of the molecule is CCOc1ccc2oc(C(=O)N/N=C/c3cc(Cl)c(OCC)c(OC)c3)cc2c1. The Bertz CT molecular complexity index is 1040. The average molecular weight is 417 g/mol. The number of benzene rings is 2. The Labute approximate surface area is 173 Å². The fourth-order valence-electron chi connectivity index (χ4n) is 2.71. The van der Waals surface area contributed by atoms with Gasteiger partial charge in [0.25, 0.3) is 0 Å². The second kappa shape index (κ2) is 9.34. The van der Waals surface area contributed by atoms with E-state index >= 15 is 0 Å². The number of methoxy groups -OCH3 is 1. The second-order valence-electron chi connectivity index (χ2n) is 5.91. The molecule has 3 rings (SSSR count). The van der Waals surface area contributed by atoms with Gasteiger partial charge < -0.3 is 18.6 Å².